The molecule has 3 rings (SSSR count). The molecule has 9 unspecified atom stereocenters. The molecule has 0 saturated carbocycles. The number of aromatic nitrogens is 4. The largest absolute Gasteiger partial charge is 0.481 e. The summed E-state index contributed by atoms with van der Waals surface area (Å²) in [5.74, 6) is -1.26. The number of carbonyl (C=O) groups is 3. The lowest BCUT2D eigenvalue weighted by Gasteiger charge is -2.30. The number of nitrogens with two attached hydrogens (primary N) is 1. The SMILES string of the molecule is CCC(O)CCCCCCCCC(O)CC(=O)SCCNC(=O)CCNC(=O)C(O)C(C)(C)COP(=O)(O)OP(=O)(O)OCC1OC(n2cnc3c(N)ncnc32)C(O)C1OP(=O)(O)O. The van der Waals surface area contributed by atoms with E-state index in [1.807, 2.05) is 6.92 Å². The van der Waals surface area contributed by atoms with Crippen molar-refractivity contribution in [2.24, 2.45) is 5.41 Å². The van der Waals surface area contributed by atoms with Gasteiger partial charge in [0, 0.05) is 37.1 Å². The van der Waals surface area contributed by atoms with Gasteiger partial charge in [0.05, 0.1) is 31.7 Å². The van der Waals surface area contributed by atoms with Gasteiger partial charge in [0.25, 0.3) is 0 Å². The molecule has 0 aromatic carbocycles. The molecule has 1 fully saturated rings. The van der Waals surface area contributed by atoms with Gasteiger partial charge in [-0.1, -0.05) is 71.1 Å². The van der Waals surface area contributed by atoms with Crippen molar-refractivity contribution in [3.05, 3.63) is 12.7 Å². The summed E-state index contributed by atoms with van der Waals surface area (Å²) in [6.07, 6.45) is -0.0188. The number of aliphatic hydroxyl groups excluding tert-OH is 4. The third-order valence-corrected chi connectivity index (χ3v) is 14.0. The first-order valence-electron chi connectivity index (χ1n) is 20.8. The predicted molar refractivity (Wildman–Crippen MR) is 231 cm³/mol. The maximum absolute atomic E-state index is 12.7. The molecule has 372 valence electrons. The fraction of sp³-hybridized carbons (Fsp3) is 0.771. The Morgan fingerprint density at radius 2 is 1.55 bits per heavy atom. The first-order chi connectivity index (χ1) is 30.3. The number of carbonyl (C=O) groups excluding carboxylic acids is 3. The number of aliphatic hydroxyl groups is 4. The predicted octanol–water partition coefficient (Wildman–Crippen LogP) is 1.31. The van der Waals surface area contributed by atoms with Crippen LogP contribution in [0.3, 0.4) is 0 Å². The standard InChI is InChI=1S/C35H62N7O19P3S/c1-4-22(43)11-9-7-5-6-8-10-12-23(44)17-26(46)65-16-15-37-25(45)13-14-38-33(49)30(48)35(2,3)19-58-64(55,56)61-63(53,54)57-18-24-29(60-62(50,51)52)28(47)34(59-24)42-21-41-27-31(36)39-20-40-32(27)42/h20-24,28-30,34,43-44,47-48H,4-19H2,1-3H3,(H,37,45)(H,38,49)(H,53,54)(H,55,56)(H2,36,39,40)(H2,50,51,52). The second-order valence-electron chi connectivity index (χ2n) is 15.9. The van der Waals surface area contributed by atoms with Gasteiger partial charge >= 0.3 is 23.5 Å². The number of unbranched alkanes of at least 4 members (excludes halogenated alkanes) is 5. The van der Waals surface area contributed by atoms with Crippen LogP contribution >= 0.6 is 35.2 Å². The molecule has 1 aliphatic rings. The van der Waals surface area contributed by atoms with Crippen molar-refractivity contribution in [2.75, 3.05) is 37.8 Å². The topological polar surface area (TPSA) is 404 Å². The van der Waals surface area contributed by atoms with Crippen LogP contribution in [0.15, 0.2) is 12.7 Å². The van der Waals surface area contributed by atoms with Gasteiger partial charge in [-0.25, -0.2) is 28.6 Å². The summed E-state index contributed by atoms with van der Waals surface area (Å²) in [6, 6.07) is 0. The molecule has 0 bridgehead atoms. The number of hydrogen-bond donors (Lipinski definition) is 11. The fourth-order valence-electron chi connectivity index (χ4n) is 6.32. The number of nitrogen functional groups attached to an aromatic ring is 1. The molecule has 3 heterocycles. The number of rotatable bonds is 31. The number of hydrogen-bond acceptors (Lipinski definition) is 20. The Hall–Kier alpha value is -2.52. The molecular weight excluding hydrogens is 947 g/mol. The monoisotopic (exact) mass is 1010 g/mol. The number of phosphoric acid groups is 3. The summed E-state index contributed by atoms with van der Waals surface area (Å²) in [5, 5.41) is 46.0. The molecule has 1 aliphatic heterocycles. The lowest BCUT2D eigenvalue weighted by molar-refractivity contribution is -0.137. The van der Waals surface area contributed by atoms with Crippen LogP contribution in [0.4, 0.5) is 5.82 Å². The highest BCUT2D eigenvalue weighted by atomic mass is 32.2. The van der Waals surface area contributed by atoms with Gasteiger partial charge in [0.1, 0.15) is 36.3 Å². The number of amides is 2. The Labute approximate surface area is 379 Å². The number of nitrogens with zero attached hydrogens (tertiary/aromatic N) is 4. The highest BCUT2D eigenvalue weighted by Crippen LogP contribution is 2.61. The van der Waals surface area contributed by atoms with Crippen LogP contribution < -0.4 is 16.4 Å². The second-order valence-corrected chi connectivity index (χ2v) is 21.3. The minimum Gasteiger partial charge on any atom is -0.393 e. The molecule has 1 saturated heterocycles. The third-order valence-electron chi connectivity index (χ3n) is 9.96. The maximum atomic E-state index is 12.7. The summed E-state index contributed by atoms with van der Waals surface area (Å²) in [6.45, 7) is 2.30. The third kappa shape index (κ3) is 19.9. The van der Waals surface area contributed by atoms with E-state index in [-0.39, 0.29) is 59.9 Å². The van der Waals surface area contributed by atoms with Crippen molar-refractivity contribution in [1.82, 2.24) is 30.2 Å². The molecule has 9 atom stereocenters. The number of nitrogens with one attached hydrogen (secondary N) is 2. The average molecular weight is 1010 g/mol. The van der Waals surface area contributed by atoms with E-state index in [0.29, 0.717) is 6.42 Å². The van der Waals surface area contributed by atoms with E-state index in [9.17, 15) is 68.1 Å². The van der Waals surface area contributed by atoms with Crippen molar-refractivity contribution >= 4 is 69.1 Å². The maximum Gasteiger partial charge on any atom is 0.481 e. The van der Waals surface area contributed by atoms with Gasteiger partial charge in [-0.15, -0.1) is 0 Å². The van der Waals surface area contributed by atoms with E-state index in [2.05, 4.69) is 34.4 Å². The molecule has 2 amide bonds. The van der Waals surface area contributed by atoms with Crippen LogP contribution in [0, 0.1) is 5.41 Å². The zero-order valence-electron chi connectivity index (χ0n) is 36.2. The van der Waals surface area contributed by atoms with Crippen molar-refractivity contribution < 1.29 is 90.7 Å². The number of thioether (sulfide) groups is 1. The smallest absolute Gasteiger partial charge is 0.393 e. The highest BCUT2D eigenvalue weighted by molar-refractivity contribution is 8.13. The van der Waals surface area contributed by atoms with E-state index in [1.165, 1.54) is 13.8 Å². The van der Waals surface area contributed by atoms with Gasteiger partial charge < -0.3 is 61.1 Å². The molecule has 0 aliphatic carbocycles. The van der Waals surface area contributed by atoms with E-state index in [0.717, 1.165) is 80.4 Å². The lowest BCUT2D eigenvalue weighted by atomic mass is 9.87. The molecular formula is C35H62N7O19P3S. The van der Waals surface area contributed by atoms with Gasteiger partial charge in [0.2, 0.25) is 11.8 Å². The van der Waals surface area contributed by atoms with Crippen LogP contribution in [-0.2, 0) is 50.7 Å². The molecule has 2 aromatic rings. The number of phosphoric ester groups is 3. The molecule has 65 heavy (non-hydrogen) atoms. The lowest BCUT2D eigenvalue weighted by Crippen LogP contribution is -2.46. The van der Waals surface area contributed by atoms with E-state index in [4.69, 9.17) is 19.5 Å². The minimum absolute atomic E-state index is 0.00456. The van der Waals surface area contributed by atoms with E-state index >= 15 is 0 Å². The van der Waals surface area contributed by atoms with Crippen LogP contribution in [-0.4, -0.2) is 145 Å². The van der Waals surface area contributed by atoms with Crippen LogP contribution in [0.1, 0.15) is 97.6 Å². The minimum atomic E-state index is -5.59. The van der Waals surface area contributed by atoms with Crippen LogP contribution in [0.5, 0.6) is 0 Å². The zero-order chi connectivity index (χ0) is 48.6. The van der Waals surface area contributed by atoms with Gasteiger partial charge in [-0.2, -0.15) is 4.31 Å². The van der Waals surface area contributed by atoms with E-state index in [1.54, 1.807) is 0 Å². The molecule has 12 N–H and O–H groups in total. The van der Waals surface area contributed by atoms with Gasteiger partial charge in [-0.3, -0.25) is 32.5 Å². The quantitative estimate of drug-likeness (QED) is 0.0374. The Morgan fingerprint density at radius 3 is 2.20 bits per heavy atom. The number of ether oxygens (including phenoxy) is 1. The average Bonchev–Trinajstić information content (AvgIpc) is 3.78. The van der Waals surface area contributed by atoms with Crippen molar-refractivity contribution in [3.63, 3.8) is 0 Å². The molecule has 30 heteroatoms. The Balaban J connectivity index is 1.35. The van der Waals surface area contributed by atoms with Crippen molar-refractivity contribution in [2.45, 2.75) is 134 Å². The van der Waals surface area contributed by atoms with Crippen molar-refractivity contribution in [3.8, 4) is 0 Å². The van der Waals surface area contributed by atoms with Crippen LogP contribution in [0.25, 0.3) is 11.2 Å². The molecule has 2 aromatic heterocycles. The number of imidazole rings is 1. The molecule has 0 spiro atoms. The van der Waals surface area contributed by atoms with Crippen molar-refractivity contribution in [1.29, 1.82) is 0 Å². The van der Waals surface area contributed by atoms with Gasteiger partial charge in [-0.05, 0) is 19.3 Å². The van der Waals surface area contributed by atoms with E-state index < -0.39 is 90.7 Å². The Morgan fingerprint density at radius 1 is 0.923 bits per heavy atom. The first-order valence-corrected chi connectivity index (χ1v) is 26.3. The summed E-state index contributed by atoms with van der Waals surface area (Å²) in [5.41, 5.74) is 4.24. The first kappa shape index (κ1) is 56.8. The van der Waals surface area contributed by atoms with Gasteiger partial charge in [0.15, 0.2) is 22.8 Å². The number of fused-ring (bicyclic) bond motifs is 1. The molecule has 0 radical (unpaired) electrons. The fourth-order valence-corrected chi connectivity index (χ4v) is 9.89. The molecule has 26 nitrogen and oxygen atoms in total. The Kier molecular flexibility index (Phi) is 23.0. The summed E-state index contributed by atoms with van der Waals surface area (Å²) >= 11 is 0.975. The summed E-state index contributed by atoms with van der Waals surface area (Å²) in [4.78, 5) is 88.2. The summed E-state index contributed by atoms with van der Waals surface area (Å²) in [7, 11) is -16.4. The normalized spacial score (nSPS) is 21.3. The zero-order valence-corrected chi connectivity index (χ0v) is 39.7. The second kappa shape index (κ2) is 26.3. The Bertz CT molecular complexity index is 2000. The highest BCUT2D eigenvalue weighted by Gasteiger charge is 2.50. The number of anilines is 1. The van der Waals surface area contributed by atoms with Crippen LogP contribution in [0.2, 0.25) is 0 Å². The summed E-state index contributed by atoms with van der Waals surface area (Å²) < 4.78 is 62.3.